The molecule has 14 heavy (non-hydrogen) atoms. The summed E-state index contributed by atoms with van der Waals surface area (Å²) in [7, 11) is 0. The van der Waals surface area contributed by atoms with Crippen molar-refractivity contribution in [2.24, 2.45) is 11.3 Å². The standard InChI is InChI=1S/C12H20O2/c1-12(2,3)7-4-5-11(13)10-6-8-14-9-10/h10-11,13H,5-6,8-9H2,1-3H3. The zero-order valence-corrected chi connectivity index (χ0v) is 9.34. The largest absolute Gasteiger partial charge is 0.392 e. The van der Waals surface area contributed by atoms with Crippen LogP contribution in [0.1, 0.15) is 33.6 Å². The van der Waals surface area contributed by atoms with Crippen molar-refractivity contribution in [3.05, 3.63) is 0 Å². The molecule has 0 aromatic heterocycles. The predicted molar refractivity (Wildman–Crippen MR) is 56.8 cm³/mol. The Labute approximate surface area is 86.7 Å². The van der Waals surface area contributed by atoms with Crippen molar-refractivity contribution in [3.63, 3.8) is 0 Å². The molecule has 1 saturated heterocycles. The molecule has 0 amide bonds. The molecule has 2 nitrogen and oxygen atoms in total. The zero-order chi connectivity index (χ0) is 10.6. The van der Waals surface area contributed by atoms with Crippen LogP contribution in [0.25, 0.3) is 0 Å². The van der Waals surface area contributed by atoms with Gasteiger partial charge in [0.1, 0.15) is 0 Å². The molecule has 0 aromatic rings. The molecular weight excluding hydrogens is 176 g/mol. The van der Waals surface area contributed by atoms with Crippen LogP contribution in [0.4, 0.5) is 0 Å². The van der Waals surface area contributed by atoms with E-state index in [1.54, 1.807) is 0 Å². The smallest absolute Gasteiger partial charge is 0.0700 e. The van der Waals surface area contributed by atoms with Crippen LogP contribution in [-0.2, 0) is 4.74 Å². The Hall–Kier alpha value is -0.520. The van der Waals surface area contributed by atoms with E-state index in [2.05, 4.69) is 32.6 Å². The Kier molecular flexibility index (Phi) is 3.97. The van der Waals surface area contributed by atoms with Crippen LogP contribution in [-0.4, -0.2) is 24.4 Å². The second-order valence-electron chi connectivity index (χ2n) is 4.95. The minimum Gasteiger partial charge on any atom is -0.392 e. The van der Waals surface area contributed by atoms with E-state index in [0.29, 0.717) is 18.9 Å². The highest BCUT2D eigenvalue weighted by atomic mass is 16.5. The van der Waals surface area contributed by atoms with E-state index in [4.69, 9.17) is 4.74 Å². The van der Waals surface area contributed by atoms with Gasteiger partial charge in [-0.15, -0.1) is 5.92 Å². The van der Waals surface area contributed by atoms with Crippen LogP contribution in [0.5, 0.6) is 0 Å². The molecule has 1 heterocycles. The molecule has 2 heteroatoms. The summed E-state index contributed by atoms with van der Waals surface area (Å²) in [5.74, 6) is 6.47. The maximum absolute atomic E-state index is 9.76. The van der Waals surface area contributed by atoms with Gasteiger partial charge >= 0.3 is 0 Å². The van der Waals surface area contributed by atoms with E-state index in [1.807, 2.05) is 0 Å². The Morgan fingerprint density at radius 2 is 2.21 bits per heavy atom. The van der Waals surface area contributed by atoms with Gasteiger partial charge in [-0.05, 0) is 27.2 Å². The summed E-state index contributed by atoms with van der Waals surface area (Å²) >= 11 is 0. The predicted octanol–water partition coefficient (Wildman–Crippen LogP) is 1.82. The van der Waals surface area contributed by atoms with Crippen molar-refractivity contribution >= 4 is 0 Å². The van der Waals surface area contributed by atoms with Gasteiger partial charge in [0.05, 0.1) is 12.7 Å². The molecule has 0 aliphatic carbocycles. The highest BCUT2D eigenvalue weighted by Gasteiger charge is 2.22. The number of hydrogen-bond donors (Lipinski definition) is 1. The summed E-state index contributed by atoms with van der Waals surface area (Å²) in [6.07, 6.45) is 1.23. The Morgan fingerprint density at radius 3 is 2.71 bits per heavy atom. The molecule has 1 fully saturated rings. The maximum atomic E-state index is 9.76. The minimum absolute atomic E-state index is 0.0336. The van der Waals surface area contributed by atoms with Crippen molar-refractivity contribution in [1.29, 1.82) is 0 Å². The normalized spacial score (nSPS) is 24.1. The van der Waals surface area contributed by atoms with Crippen LogP contribution in [0, 0.1) is 23.2 Å². The average Bonchev–Trinajstić information content (AvgIpc) is 2.53. The summed E-state index contributed by atoms with van der Waals surface area (Å²) < 4.78 is 5.22. The lowest BCUT2D eigenvalue weighted by Gasteiger charge is -2.13. The number of hydrogen-bond acceptors (Lipinski definition) is 2. The molecular formula is C12H20O2. The van der Waals surface area contributed by atoms with E-state index in [-0.39, 0.29) is 11.5 Å². The van der Waals surface area contributed by atoms with Crippen LogP contribution < -0.4 is 0 Å². The fourth-order valence-electron chi connectivity index (χ4n) is 1.44. The molecule has 1 rings (SSSR count). The Bertz CT molecular complexity index is 223. The first-order valence-corrected chi connectivity index (χ1v) is 5.25. The first-order valence-electron chi connectivity index (χ1n) is 5.25. The Balaban J connectivity index is 2.32. The first kappa shape index (κ1) is 11.6. The lowest BCUT2D eigenvalue weighted by molar-refractivity contribution is 0.0954. The van der Waals surface area contributed by atoms with Crippen LogP contribution in [0.15, 0.2) is 0 Å². The second kappa shape index (κ2) is 4.82. The molecule has 1 N–H and O–H groups in total. The molecule has 80 valence electrons. The van der Waals surface area contributed by atoms with Gasteiger partial charge in [-0.3, -0.25) is 0 Å². The zero-order valence-electron chi connectivity index (χ0n) is 9.34. The molecule has 0 bridgehead atoms. The van der Waals surface area contributed by atoms with Gasteiger partial charge in [-0.1, -0.05) is 5.92 Å². The van der Waals surface area contributed by atoms with Gasteiger partial charge in [0.25, 0.3) is 0 Å². The molecule has 0 aromatic carbocycles. The lowest BCUT2D eigenvalue weighted by Crippen LogP contribution is -2.19. The van der Waals surface area contributed by atoms with Crippen LogP contribution in [0.2, 0.25) is 0 Å². The fraction of sp³-hybridized carbons (Fsp3) is 0.833. The summed E-state index contributed by atoms with van der Waals surface area (Å²) in [6, 6.07) is 0. The molecule has 2 unspecified atom stereocenters. The third-order valence-corrected chi connectivity index (χ3v) is 2.28. The molecule has 0 spiro atoms. The van der Waals surface area contributed by atoms with Crippen molar-refractivity contribution in [2.75, 3.05) is 13.2 Å². The van der Waals surface area contributed by atoms with Gasteiger partial charge < -0.3 is 9.84 Å². The topological polar surface area (TPSA) is 29.5 Å². The van der Waals surface area contributed by atoms with Crippen molar-refractivity contribution < 1.29 is 9.84 Å². The van der Waals surface area contributed by atoms with Gasteiger partial charge in [-0.2, -0.15) is 0 Å². The highest BCUT2D eigenvalue weighted by molar-refractivity contribution is 5.08. The van der Waals surface area contributed by atoms with E-state index in [0.717, 1.165) is 13.0 Å². The third-order valence-electron chi connectivity index (χ3n) is 2.28. The quantitative estimate of drug-likeness (QED) is 0.683. The third kappa shape index (κ3) is 4.13. The summed E-state index contributed by atoms with van der Waals surface area (Å²) in [4.78, 5) is 0. The number of rotatable bonds is 2. The molecule has 1 aliphatic heterocycles. The Morgan fingerprint density at radius 1 is 1.50 bits per heavy atom. The summed E-state index contributed by atoms with van der Waals surface area (Å²) in [5.41, 5.74) is 0.0336. The van der Waals surface area contributed by atoms with Crippen LogP contribution in [0.3, 0.4) is 0 Å². The molecule has 2 atom stereocenters. The van der Waals surface area contributed by atoms with E-state index in [9.17, 15) is 5.11 Å². The average molecular weight is 196 g/mol. The maximum Gasteiger partial charge on any atom is 0.0700 e. The highest BCUT2D eigenvalue weighted by Crippen LogP contribution is 2.18. The van der Waals surface area contributed by atoms with Crippen molar-refractivity contribution in [1.82, 2.24) is 0 Å². The SMILES string of the molecule is CC(C)(C)C#CCC(O)C1CCOC1. The van der Waals surface area contributed by atoms with E-state index >= 15 is 0 Å². The number of ether oxygens (including phenoxy) is 1. The van der Waals surface area contributed by atoms with Crippen LogP contribution >= 0.6 is 0 Å². The van der Waals surface area contributed by atoms with Crippen molar-refractivity contribution in [2.45, 2.75) is 39.7 Å². The van der Waals surface area contributed by atoms with E-state index in [1.165, 1.54) is 0 Å². The first-order chi connectivity index (χ1) is 6.49. The minimum atomic E-state index is -0.313. The number of aliphatic hydroxyl groups is 1. The second-order valence-corrected chi connectivity index (χ2v) is 4.95. The summed E-state index contributed by atoms with van der Waals surface area (Å²) in [5, 5.41) is 9.76. The molecule has 1 aliphatic rings. The number of aliphatic hydroxyl groups excluding tert-OH is 1. The molecule has 0 radical (unpaired) electrons. The van der Waals surface area contributed by atoms with Gasteiger partial charge in [-0.25, -0.2) is 0 Å². The monoisotopic (exact) mass is 196 g/mol. The summed E-state index contributed by atoms with van der Waals surface area (Å²) in [6.45, 7) is 7.70. The lowest BCUT2D eigenvalue weighted by atomic mass is 9.95. The van der Waals surface area contributed by atoms with Crippen molar-refractivity contribution in [3.8, 4) is 11.8 Å². The van der Waals surface area contributed by atoms with E-state index < -0.39 is 0 Å². The van der Waals surface area contributed by atoms with Gasteiger partial charge in [0, 0.05) is 24.4 Å². The van der Waals surface area contributed by atoms with Gasteiger partial charge in [0.15, 0.2) is 0 Å². The molecule has 0 saturated carbocycles. The van der Waals surface area contributed by atoms with Gasteiger partial charge in [0.2, 0.25) is 0 Å². The fourth-order valence-corrected chi connectivity index (χ4v) is 1.44.